The van der Waals surface area contributed by atoms with Gasteiger partial charge < -0.3 is 31.4 Å². The molecule has 0 aromatic heterocycles. The largest absolute Gasteiger partial charge is 0.370 e. The summed E-state index contributed by atoms with van der Waals surface area (Å²) in [7, 11) is 0. The number of carbonyl (C=O) groups excluding carboxylic acids is 1. The number of nitrogens with two attached hydrogens (primary N) is 1. The number of carbonyl (C=O) groups is 1. The standard InChI is InChI=1S/C6H13N.C3H7NO.C2H5.V/c1-4-7(5-2)6-3;1-2-3(4)5;1-2;/h1-2,4-6H2,3H3;2H2,1H3,(H2,4,5);1H2,2H3;/q-2;;-1;. The minimum atomic E-state index is -0.245. The van der Waals surface area contributed by atoms with Crippen LogP contribution in [0, 0.1) is 20.8 Å². The van der Waals surface area contributed by atoms with E-state index in [4.69, 9.17) is 0 Å². The molecule has 0 aliphatic rings. The predicted molar refractivity (Wildman–Crippen MR) is 63.3 cm³/mol. The molecule has 1 amide bonds. The van der Waals surface area contributed by atoms with Crippen LogP contribution in [0.2, 0.25) is 0 Å². The molecular weight excluding hydrogens is 227 g/mol. The van der Waals surface area contributed by atoms with Crippen molar-refractivity contribution in [3.63, 3.8) is 0 Å². The Balaban J connectivity index is -0.0000000675. The van der Waals surface area contributed by atoms with Gasteiger partial charge in [0.25, 0.3) is 0 Å². The molecule has 93 valence electrons. The van der Waals surface area contributed by atoms with Crippen LogP contribution >= 0.6 is 0 Å². The van der Waals surface area contributed by atoms with Gasteiger partial charge >= 0.3 is 0 Å². The second kappa shape index (κ2) is 23.7. The topological polar surface area (TPSA) is 46.3 Å². The molecule has 0 aromatic carbocycles. The zero-order chi connectivity index (χ0) is 12.0. The smallest absolute Gasteiger partial charge is 0.217 e. The molecule has 0 fully saturated rings. The Kier molecular flexibility index (Phi) is 38.4. The van der Waals surface area contributed by atoms with Crippen LogP contribution in [0.25, 0.3) is 0 Å². The quantitative estimate of drug-likeness (QED) is 0.774. The van der Waals surface area contributed by atoms with E-state index >= 15 is 0 Å². The number of hydrogen-bond acceptors (Lipinski definition) is 2. The van der Waals surface area contributed by atoms with Crippen LogP contribution in [0.15, 0.2) is 0 Å². The predicted octanol–water partition coefficient (Wildman–Crippen LogP) is 1.70. The first kappa shape index (κ1) is 24.3. The molecule has 3 nitrogen and oxygen atoms in total. The Morgan fingerprint density at radius 2 is 1.47 bits per heavy atom. The molecule has 0 aromatic rings. The molecule has 0 aliphatic heterocycles. The fourth-order valence-corrected chi connectivity index (χ4v) is 0.428. The first-order valence-electron chi connectivity index (χ1n) is 4.92. The molecular formula is C11H25N2OV-3. The molecule has 0 unspecified atom stereocenters. The van der Waals surface area contributed by atoms with Crippen LogP contribution < -0.4 is 5.73 Å². The molecule has 0 saturated carbocycles. The zero-order valence-corrected chi connectivity index (χ0v) is 11.7. The van der Waals surface area contributed by atoms with E-state index in [9.17, 15) is 4.79 Å². The van der Waals surface area contributed by atoms with E-state index in [1.807, 2.05) is 0 Å². The van der Waals surface area contributed by atoms with Crippen molar-refractivity contribution in [2.45, 2.75) is 27.2 Å². The summed E-state index contributed by atoms with van der Waals surface area (Å²) in [5, 5.41) is 0. The minimum absolute atomic E-state index is 0. The molecule has 0 saturated heterocycles. The van der Waals surface area contributed by atoms with Gasteiger partial charge in [-0.05, 0) is 6.54 Å². The van der Waals surface area contributed by atoms with Crippen LogP contribution in [0.4, 0.5) is 0 Å². The SMILES string of the molecule is CCC(N)=O.[CH2-]C.[CH2-]CN(C[CH2-])CC.[V]. The van der Waals surface area contributed by atoms with Gasteiger partial charge in [-0.3, -0.25) is 4.79 Å². The van der Waals surface area contributed by atoms with Gasteiger partial charge in [0.15, 0.2) is 0 Å². The fourth-order valence-electron chi connectivity index (χ4n) is 0.428. The number of primary amides is 1. The molecule has 0 rings (SSSR count). The van der Waals surface area contributed by atoms with E-state index in [-0.39, 0.29) is 24.5 Å². The Hall–Kier alpha value is 0.0144. The Labute approximate surface area is 108 Å². The van der Waals surface area contributed by atoms with Crippen molar-refractivity contribution in [2.24, 2.45) is 5.73 Å². The van der Waals surface area contributed by atoms with Crippen molar-refractivity contribution in [3.05, 3.63) is 20.8 Å². The number of rotatable bonds is 4. The van der Waals surface area contributed by atoms with E-state index in [1.165, 1.54) is 0 Å². The summed E-state index contributed by atoms with van der Waals surface area (Å²) in [6.45, 7) is 19.1. The average molecular weight is 252 g/mol. The summed E-state index contributed by atoms with van der Waals surface area (Å²) >= 11 is 0. The van der Waals surface area contributed by atoms with Crippen LogP contribution in [0.3, 0.4) is 0 Å². The monoisotopic (exact) mass is 252 g/mol. The molecule has 1 radical (unpaired) electrons. The van der Waals surface area contributed by atoms with E-state index in [1.54, 1.807) is 13.8 Å². The van der Waals surface area contributed by atoms with Gasteiger partial charge in [-0.25, -0.2) is 0 Å². The van der Waals surface area contributed by atoms with Gasteiger partial charge in [-0.15, -0.1) is 13.1 Å². The average Bonchev–Trinajstić information content (AvgIpc) is 2.24. The molecule has 0 bridgehead atoms. The van der Waals surface area contributed by atoms with E-state index in [0.717, 1.165) is 19.6 Å². The summed E-state index contributed by atoms with van der Waals surface area (Å²) < 4.78 is 0. The Morgan fingerprint density at radius 1 is 1.20 bits per heavy atom. The van der Waals surface area contributed by atoms with Crippen molar-refractivity contribution in [1.29, 1.82) is 0 Å². The fraction of sp³-hybridized carbons (Fsp3) is 0.636. The maximum absolute atomic E-state index is 9.59. The Morgan fingerprint density at radius 3 is 1.47 bits per heavy atom. The molecule has 0 heterocycles. The zero-order valence-electron chi connectivity index (χ0n) is 10.3. The minimum Gasteiger partial charge on any atom is -0.370 e. The molecule has 2 N–H and O–H groups in total. The van der Waals surface area contributed by atoms with Gasteiger partial charge in [-0.2, -0.15) is 6.92 Å². The van der Waals surface area contributed by atoms with Gasteiger partial charge in [0.2, 0.25) is 5.91 Å². The molecule has 0 aliphatic carbocycles. The van der Waals surface area contributed by atoms with Gasteiger partial charge in [0.1, 0.15) is 0 Å². The van der Waals surface area contributed by atoms with Crippen molar-refractivity contribution in [1.82, 2.24) is 4.90 Å². The van der Waals surface area contributed by atoms with E-state index < -0.39 is 0 Å². The van der Waals surface area contributed by atoms with Gasteiger partial charge in [0.05, 0.1) is 0 Å². The van der Waals surface area contributed by atoms with Crippen molar-refractivity contribution >= 4 is 5.91 Å². The summed E-state index contributed by atoms with van der Waals surface area (Å²) in [6.07, 6.45) is 0.444. The number of nitrogens with zero attached hydrogens (tertiary/aromatic N) is 1. The van der Waals surface area contributed by atoms with Crippen LogP contribution in [-0.4, -0.2) is 30.4 Å². The summed E-state index contributed by atoms with van der Waals surface area (Å²) in [6, 6.07) is 0. The molecule has 15 heavy (non-hydrogen) atoms. The summed E-state index contributed by atoms with van der Waals surface area (Å²) in [4.78, 5) is 11.7. The van der Waals surface area contributed by atoms with Crippen molar-refractivity contribution in [2.75, 3.05) is 19.6 Å². The third-order valence-electron chi connectivity index (χ3n) is 1.43. The van der Waals surface area contributed by atoms with Crippen LogP contribution in [-0.2, 0) is 23.4 Å². The van der Waals surface area contributed by atoms with Crippen LogP contribution in [0.1, 0.15) is 27.2 Å². The summed E-state index contributed by atoms with van der Waals surface area (Å²) in [5.41, 5.74) is 4.65. The first-order valence-corrected chi connectivity index (χ1v) is 4.92. The van der Waals surface area contributed by atoms with Crippen LogP contribution in [0.5, 0.6) is 0 Å². The van der Waals surface area contributed by atoms with Gasteiger partial charge in [0, 0.05) is 25.0 Å². The van der Waals surface area contributed by atoms with Crippen molar-refractivity contribution < 1.29 is 23.4 Å². The maximum Gasteiger partial charge on any atom is 0.217 e. The van der Waals surface area contributed by atoms with E-state index in [2.05, 4.69) is 38.3 Å². The third kappa shape index (κ3) is 31.5. The van der Waals surface area contributed by atoms with Crippen molar-refractivity contribution in [3.8, 4) is 0 Å². The molecule has 0 spiro atoms. The second-order valence-electron chi connectivity index (χ2n) is 2.25. The third-order valence-corrected chi connectivity index (χ3v) is 1.43. The number of amides is 1. The second-order valence-corrected chi connectivity index (χ2v) is 2.25. The number of hydrogen-bond donors (Lipinski definition) is 1. The normalized spacial score (nSPS) is 7.67. The Bertz CT molecular complexity index is 101. The molecule has 4 heteroatoms. The summed E-state index contributed by atoms with van der Waals surface area (Å²) in [5.74, 6) is -0.245. The van der Waals surface area contributed by atoms with Gasteiger partial charge in [-0.1, -0.05) is 13.8 Å². The van der Waals surface area contributed by atoms with E-state index in [0.29, 0.717) is 6.42 Å². The molecule has 0 atom stereocenters. The first-order chi connectivity index (χ1) is 6.62. The maximum atomic E-state index is 9.59.